The molecule has 3 heterocycles. The van der Waals surface area contributed by atoms with Crippen LogP contribution in [0.15, 0.2) is 0 Å². The van der Waals surface area contributed by atoms with E-state index in [4.69, 9.17) is 0 Å². The van der Waals surface area contributed by atoms with E-state index in [9.17, 15) is 0 Å². The van der Waals surface area contributed by atoms with E-state index in [1.165, 1.54) is 0 Å². The largest absolute Gasteiger partial charge is 0.314 e. The fraction of sp³-hybridized carbons (Fsp3) is 1.00. The van der Waals surface area contributed by atoms with E-state index in [0.717, 1.165) is 111 Å². The van der Waals surface area contributed by atoms with Gasteiger partial charge >= 0.3 is 0 Å². The highest BCUT2D eigenvalue weighted by atomic mass is 15.2. The van der Waals surface area contributed by atoms with E-state index in [0.29, 0.717) is 6.04 Å². The summed E-state index contributed by atoms with van der Waals surface area (Å²) in [5.41, 5.74) is 0. The molecule has 3 rings (SSSR count). The molecule has 0 amide bonds. The average Bonchev–Trinajstić information content (AvgIpc) is 2.67. The SMILES string of the molecule is CC1CNCCNCCN2CCNCCNCCN1CCNCCNCC2. The molecule has 3 saturated heterocycles. The standard InChI is InChI=1S/C19H44N8/c1-19-18-25-7-6-22-10-15-26-13-8-20-2-4-23-11-16-27(19)17-12-24-5-3-21-9-14-26/h19-25H,2-18H2,1H3. The third-order valence-electron chi connectivity index (χ3n) is 5.46. The van der Waals surface area contributed by atoms with Crippen LogP contribution in [0.3, 0.4) is 0 Å². The van der Waals surface area contributed by atoms with Gasteiger partial charge in [0.2, 0.25) is 0 Å². The van der Waals surface area contributed by atoms with Crippen LogP contribution >= 0.6 is 0 Å². The lowest BCUT2D eigenvalue weighted by atomic mass is 10.2. The molecule has 27 heavy (non-hydrogen) atoms. The van der Waals surface area contributed by atoms with Crippen LogP contribution in [0.2, 0.25) is 0 Å². The van der Waals surface area contributed by atoms with E-state index in [1.54, 1.807) is 0 Å². The summed E-state index contributed by atoms with van der Waals surface area (Å²) in [5.74, 6) is 0. The van der Waals surface area contributed by atoms with Gasteiger partial charge in [-0.2, -0.15) is 0 Å². The fourth-order valence-corrected chi connectivity index (χ4v) is 3.64. The zero-order valence-electron chi connectivity index (χ0n) is 17.5. The van der Waals surface area contributed by atoms with Crippen molar-refractivity contribution < 1.29 is 0 Å². The Balaban J connectivity index is 1.92. The maximum absolute atomic E-state index is 3.63. The molecule has 6 N–H and O–H groups in total. The van der Waals surface area contributed by atoms with Gasteiger partial charge in [-0.25, -0.2) is 0 Å². The molecule has 1 unspecified atom stereocenters. The predicted molar refractivity (Wildman–Crippen MR) is 115 cm³/mol. The van der Waals surface area contributed by atoms with Gasteiger partial charge in [0, 0.05) is 117 Å². The van der Waals surface area contributed by atoms with E-state index >= 15 is 0 Å². The maximum atomic E-state index is 3.63. The number of hydrogen-bond acceptors (Lipinski definition) is 8. The van der Waals surface area contributed by atoms with Crippen LogP contribution in [0.25, 0.3) is 0 Å². The summed E-state index contributed by atoms with van der Waals surface area (Å²) in [6.45, 7) is 20.5. The van der Waals surface area contributed by atoms with E-state index in [-0.39, 0.29) is 0 Å². The number of nitrogens with one attached hydrogen (secondary N) is 6. The Morgan fingerprint density at radius 1 is 0.481 bits per heavy atom. The predicted octanol–water partition coefficient (Wildman–Crippen LogP) is -2.46. The molecule has 1 atom stereocenters. The van der Waals surface area contributed by atoms with Crippen molar-refractivity contribution in [1.82, 2.24) is 41.7 Å². The first-order valence-electron chi connectivity index (χ1n) is 11.1. The third-order valence-corrected chi connectivity index (χ3v) is 5.46. The number of hydrogen-bond donors (Lipinski definition) is 6. The van der Waals surface area contributed by atoms with Gasteiger partial charge in [0.15, 0.2) is 0 Å². The smallest absolute Gasteiger partial charge is 0.0193 e. The number of fused-ring (bicyclic) bond motifs is 21. The molecule has 0 radical (unpaired) electrons. The van der Waals surface area contributed by atoms with Gasteiger partial charge in [-0.3, -0.25) is 9.80 Å². The molecule has 3 aliphatic rings. The Hall–Kier alpha value is -0.320. The molecule has 2 bridgehead atoms. The van der Waals surface area contributed by atoms with Crippen molar-refractivity contribution in [3.05, 3.63) is 0 Å². The molecule has 0 aromatic rings. The number of rotatable bonds is 0. The lowest BCUT2D eigenvalue weighted by Crippen LogP contribution is -2.48. The topological polar surface area (TPSA) is 78.7 Å². The minimum Gasteiger partial charge on any atom is -0.314 e. The summed E-state index contributed by atoms with van der Waals surface area (Å²) in [7, 11) is 0. The first-order chi connectivity index (χ1) is 13.4. The van der Waals surface area contributed by atoms with Gasteiger partial charge in [-0.15, -0.1) is 0 Å². The van der Waals surface area contributed by atoms with Gasteiger partial charge in [-0.05, 0) is 6.92 Å². The molecular weight excluding hydrogens is 340 g/mol. The van der Waals surface area contributed by atoms with Crippen molar-refractivity contribution in [2.45, 2.75) is 13.0 Å². The van der Waals surface area contributed by atoms with Gasteiger partial charge < -0.3 is 31.9 Å². The molecule has 8 heteroatoms. The summed E-state index contributed by atoms with van der Waals surface area (Å²) in [4.78, 5) is 5.17. The van der Waals surface area contributed by atoms with Crippen LogP contribution in [-0.2, 0) is 0 Å². The lowest BCUT2D eigenvalue weighted by Gasteiger charge is -2.30. The average molecular weight is 385 g/mol. The molecule has 0 aromatic carbocycles. The molecule has 0 aliphatic carbocycles. The van der Waals surface area contributed by atoms with E-state index < -0.39 is 0 Å². The molecule has 8 nitrogen and oxygen atoms in total. The van der Waals surface area contributed by atoms with Crippen LogP contribution in [0.5, 0.6) is 0 Å². The second-order valence-corrected chi connectivity index (χ2v) is 7.68. The molecule has 160 valence electrons. The van der Waals surface area contributed by atoms with Crippen LogP contribution in [0, 0.1) is 0 Å². The van der Waals surface area contributed by atoms with E-state index in [1.807, 2.05) is 0 Å². The van der Waals surface area contributed by atoms with Crippen molar-refractivity contribution >= 4 is 0 Å². The first-order valence-corrected chi connectivity index (χ1v) is 11.1. The van der Waals surface area contributed by atoms with E-state index in [2.05, 4.69) is 48.6 Å². The molecule has 0 spiro atoms. The quantitative estimate of drug-likeness (QED) is 0.275. The normalized spacial score (nSPS) is 32.6. The van der Waals surface area contributed by atoms with Crippen molar-refractivity contribution in [3.63, 3.8) is 0 Å². The molecular formula is C19H44N8. The van der Waals surface area contributed by atoms with Crippen molar-refractivity contribution in [2.24, 2.45) is 0 Å². The third kappa shape index (κ3) is 11.3. The highest BCUT2D eigenvalue weighted by Gasteiger charge is 2.13. The van der Waals surface area contributed by atoms with Gasteiger partial charge in [0.05, 0.1) is 0 Å². The second kappa shape index (κ2) is 15.6. The highest BCUT2D eigenvalue weighted by molar-refractivity contribution is 4.73. The summed E-state index contributed by atoms with van der Waals surface area (Å²) in [6, 6.07) is 0.554. The minimum atomic E-state index is 0.554. The zero-order chi connectivity index (χ0) is 19.0. The van der Waals surface area contributed by atoms with Crippen molar-refractivity contribution in [3.8, 4) is 0 Å². The molecule has 3 fully saturated rings. The first kappa shape index (κ1) is 23.0. The number of nitrogens with zero attached hydrogens (tertiary/aromatic N) is 2. The van der Waals surface area contributed by atoms with Crippen LogP contribution < -0.4 is 31.9 Å². The van der Waals surface area contributed by atoms with Crippen LogP contribution in [-0.4, -0.2) is 127 Å². The fourth-order valence-electron chi connectivity index (χ4n) is 3.64. The van der Waals surface area contributed by atoms with Gasteiger partial charge in [-0.1, -0.05) is 0 Å². The van der Waals surface area contributed by atoms with Gasteiger partial charge in [0.1, 0.15) is 0 Å². The molecule has 3 aliphatic heterocycles. The Labute approximate surface area is 166 Å². The summed E-state index contributed by atoms with van der Waals surface area (Å²) in [6.07, 6.45) is 0. The zero-order valence-corrected chi connectivity index (χ0v) is 17.5. The summed E-state index contributed by atoms with van der Waals surface area (Å²) in [5, 5.41) is 21.6. The van der Waals surface area contributed by atoms with Crippen LogP contribution in [0.1, 0.15) is 6.92 Å². The van der Waals surface area contributed by atoms with Crippen molar-refractivity contribution in [1.29, 1.82) is 0 Å². The van der Waals surface area contributed by atoms with Gasteiger partial charge in [0.25, 0.3) is 0 Å². The Kier molecular flexibility index (Phi) is 13.3. The molecule has 0 aromatic heterocycles. The lowest BCUT2D eigenvalue weighted by molar-refractivity contribution is 0.204. The Morgan fingerprint density at radius 2 is 0.852 bits per heavy atom. The monoisotopic (exact) mass is 384 g/mol. The maximum Gasteiger partial charge on any atom is 0.0193 e. The van der Waals surface area contributed by atoms with Crippen LogP contribution in [0.4, 0.5) is 0 Å². The Bertz CT molecular complexity index is 318. The summed E-state index contributed by atoms with van der Waals surface area (Å²) >= 11 is 0. The second-order valence-electron chi connectivity index (χ2n) is 7.68. The molecule has 0 saturated carbocycles. The minimum absolute atomic E-state index is 0.554. The summed E-state index contributed by atoms with van der Waals surface area (Å²) < 4.78 is 0. The Morgan fingerprint density at radius 3 is 1.30 bits per heavy atom. The highest BCUT2D eigenvalue weighted by Crippen LogP contribution is 1.97. The van der Waals surface area contributed by atoms with Crippen molar-refractivity contribution in [2.75, 3.05) is 111 Å².